The number of rotatable bonds is 10. The predicted octanol–water partition coefficient (Wildman–Crippen LogP) is 5.52. The third-order valence-electron chi connectivity index (χ3n) is 6.51. The molecule has 2 amide bonds. The number of aromatic nitrogens is 1. The highest BCUT2D eigenvalue weighted by Gasteiger charge is 2.27. The summed E-state index contributed by atoms with van der Waals surface area (Å²) >= 11 is 0. The van der Waals surface area contributed by atoms with Crippen molar-refractivity contribution in [2.24, 2.45) is 0 Å². The Morgan fingerprint density at radius 2 is 1.56 bits per heavy atom. The zero-order valence-electron chi connectivity index (χ0n) is 21.1. The second kappa shape index (κ2) is 11.7. The summed E-state index contributed by atoms with van der Waals surface area (Å²) in [6.07, 6.45) is 2.92. The summed E-state index contributed by atoms with van der Waals surface area (Å²) in [5.41, 5.74) is 4.21. The summed E-state index contributed by atoms with van der Waals surface area (Å²) in [6, 6.07) is 21.7. The van der Waals surface area contributed by atoms with Gasteiger partial charge in [0.05, 0.1) is 6.54 Å². The molecule has 0 saturated carbocycles. The predicted molar refractivity (Wildman–Crippen MR) is 138 cm³/mol. The maximum Gasteiger partial charge on any atom is 0.254 e. The fraction of sp³-hybridized carbons (Fsp3) is 0.379. The van der Waals surface area contributed by atoms with Crippen molar-refractivity contribution in [2.75, 3.05) is 6.54 Å². The molecule has 1 aromatic heterocycles. The summed E-state index contributed by atoms with van der Waals surface area (Å²) in [4.78, 5) is 30.3. The summed E-state index contributed by atoms with van der Waals surface area (Å²) in [7, 11) is 0. The van der Waals surface area contributed by atoms with Gasteiger partial charge >= 0.3 is 0 Å². The molecule has 180 valence electrons. The summed E-state index contributed by atoms with van der Waals surface area (Å²) in [5, 5.41) is 0. The Balaban J connectivity index is 1.80. The number of aryl methyl sites for hydroxylation is 1. The quantitative estimate of drug-likeness (QED) is 0.401. The topological polar surface area (TPSA) is 45.6 Å². The Labute approximate surface area is 204 Å². The molecule has 0 spiro atoms. The Kier molecular flexibility index (Phi) is 8.69. The first-order valence-corrected chi connectivity index (χ1v) is 12.2. The summed E-state index contributed by atoms with van der Waals surface area (Å²) in [6.45, 7) is 11.5. The van der Waals surface area contributed by atoms with Gasteiger partial charge in [-0.2, -0.15) is 0 Å². The monoisotopic (exact) mass is 459 g/mol. The molecule has 0 aliphatic rings. The van der Waals surface area contributed by atoms with Crippen molar-refractivity contribution in [1.29, 1.82) is 0 Å². The standard InChI is InChI=1S/C29H37N3O2/c1-6-24(5)32(20-27-17-12-18-30(27)19-26-16-11-10-13-23(26)4)28(33)21-31(22(2)3)29(34)25-14-8-7-9-15-25/h7-18,22,24H,6,19-21H2,1-5H3. The Morgan fingerprint density at radius 3 is 2.21 bits per heavy atom. The molecule has 2 aromatic carbocycles. The van der Waals surface area contributed by atoms with Crippen LogP contribution in [0.5, 0.6) is 0 Å². The maximum absolute atomic E-state index is 13.6. The molecule has 3 aromatic rings. The highest BCUT2D eigenvalue weighted by Crippen LogP contribution is 2.17. The van der Waals surface area contributed by atoms with Crippen LogP contribution in [-0.4, -0.2) is 44.8 Å². The van der Waals surface area contributed by atoms with E-state index in [1.165, 1.54) is 11.1 Å². The third kappa shape index (κ3) is 6.16. The number of hydrogen-bond acceptors (Lipinski definition) is 2. The molecular formula is C29H37N3O2. The van der Waals surface area contributed by atoms with E-state index in [0.29, 0.717) is 12.1 Å². The van der Waals surface area contributed by atoms with Crippen LogP contribution < -0.4 is 0 Å². The van der Waals surface area contributed by atoms with Crippen LogP contribution in [-0.2, 0) is 17.9 Å². The Bertz CT molecular complexity index is 1090. The van der Waals surface area contributed by atoms with Gasteiger partial charge in [-0.25, -0.2) is 0 Å². The number of carbonyl (C=O) groups excluding carboxylic acids is 2. The number of amides is 2. The smallest absolute Gasteiger partial charge is 0.254 e. The van der Waals surface area contributed by atoms with Crippen LogP contribution >= 0.6 is 0 Å². The van der Waals surface area contributed by atoms with E-state index < -0.39 is 0 Å². The first-order chi connectivity index (χ1) is 16.3. The summed E-state index contributed by atoms with van der Waals surface area (Å²) in [5.74, 6) is -0.146. The van der Waals surface area contributed by atoms with E-state index in [-0.39, 0.29) is 30.4 Å². The van der Waals surface area contributed by atoms with E-state index in [4.69, 9.17) is 0 Å². The van der Waals surface area contributed by atoms with Crippen LogP contribution in [0.1, 0.15) is 61.3 Å². The van der Waals surface area contributed by atoms with Crippen molar-refractivity contribution in [2.45, 2.75) is 66.2 Å². The molecule has 0 radical (unpaired) electrons. The lowest BCUT2D eigenvalue weighted by Crippen LogP contribution is -2.48. The molecule has 0 N–H and O–H groups in total. The van der Waals surface area contributed by atoms with Crippen molar-refractivity contribution < 1.29 is 9.59 Å². The van der Waals surface area contributed by atoms with Crippen LogP contribution in [0.25, 0.3) is 0 Å². The first-order valence-electron chi connectivity index (χ1n) is 12.2. The minimum Gasteiger partial charge on any atom is -0.345 e. The Morgan fingerprint density at radius 1 is 0.882 bits per heavy atom. The van der Waals surface area contributed by atoms with Crippen molar-refractivity contribution in [3.05, 3.63) is 95.3 Å². The van der Waals surface area contributed by atoms with Crippen LogP contribution in [0.2, 0.25) is 0 Å². The van der Waals surface area contributed by atoms with Crippen LogP contribution in [0.4, 0.5) is 0 Å². The summed E-state index contributed by atoms with van der Waals surface area (Å²) < 4.78 is 2.21. The fourth-order valence-corrected chi connectivity index (χ4v) is 4.07. The SMILES string of the molecule is CCC(C)N(Cc1cccn1Cc1ccccc1C)C(=O)CN(C(=O)c1ccccc1)C(C)C. The molecule has 1 atom stereocenters. The van der Waals surface area contributed by atoms with Gasteiger partial charge in [-0.15, -0.1) is 0 Å². The number of carbonyl (C=O) groups is 2. The van der Waals surface area contributed by atoms with Gasteiger partial charge < -0.3 is 14.4 Å². The molecular weight excluding hydrogens is 422 g/mol. The molecule has 0 aliphatic heterocycles. The molecule has 0 aliphatic carbocycles. The lowest BCUT2D eigenvalue weighted by molar-refractivity contribution is -0.135. The second-order valence-corrected chi connectivity index (χ2v) is 9.23. The zero-order valence-corrected chi connectivity index (χ0v) is 21.1. The molecule has 5 nitrogen and oxygen atoms in total. The molecule has 0 bridgehead atoms. The van der Waals surface area contributed by atoms with Crippen molar-refractivity contribution >= 4 is 11.8 Å². The van der Waals surface area contributed by atoms with E-state index >= 15 is 0 Å². The Hall–Kier alpha value is -3.34. The molecule has 0 fully saturated rings. The van der Waals surface area contributed by atoms with Crippen molar-refractivity contribution in [3.8, 4) is 0 Å². The lowest BCUT2D eigenvalue weighted by atomic mass is 10.1. The minimum atomic E-state index is -0.115. The highest BCUT2D eigenvalue weighted by atomic mass is 16.2. The molecule has 0 saturated heterocycles. The number of benzene rings is 2. The van der Waals surface area contributed by atoms with Gasteiger partial charge in [-0.1, -0.05) is 49.4 Å². The van der Waals surface area contributed by atoms with E-state index in [1.807, 2.05) is 43.0 Å². The average molecular weight is 460 g/mol. The van der Waals surface area contributed by atoms with E-state index in [0.717, 1.165) is 18.7 Å². The zero-order chi connectivity index (χ0) is 24.7. The molecule has 3 rings (SSSR count). The van der Waals surface area contributed by atoms with E-state index in [9.17, 15) is 9.59 Å². The molecule has 34 heavy (non-hydrogen) atoms. The molecule has 1 unspecified atom stereocenters. The van der Waals surface area contributed by atoms with Gasteiger partial charge in [0.1, 0.15) is 6.54 Å². The van der Waals surface area contributed by atoms with Crippen molar-refractivity contribution in [3.63, 3.8) is 0 Å². The first kappa shape index (κ1) is 25.3. The van der Waals surface area contributed by atoms with Gasteiger partial charge in [0.25, 0.3) is 5.91 Å². The van der Waals surface area contributed by atoms with E-state index in [2.05, 4.69) is 61.9 Å². The maximum atomic E-state index is 13.6. The molecule has 5 heteroatoms. The number of nitrogens with zero attached hydrogens (tertiary/aromatic N) is 3. The van der Waals surface area contributed by atoms with Crippen LogP contribution in [0.3, 0.4) is 0 Å². The lowest BCUT2D eigenvalue weighted by Gasteiger charge is -2.33. The van der Waals surface area contributed by atoms with Crippen molar-refractivity contribution in [1.82, 2.24) is 14.4 Å². The molecule has 1 heterocycles. The largest absolute Gasteiger partial charge is 0.345 e. The van der Waals surface area contributed by atoms with Gasteiger partial charge in [0.15, 0.2) is 0 Å². The third-order valence-corrected chi connectivity index (χ3v) is 6.51. The highest BCUT2D eigenvalue weighted by molar-refractivity contribution is 5.96. The van der Waals surface area contributed by atoms with Crippen LogP contribution in [0.15, 0.2) is 72.9 Å². The number of hydrogen-bond donors (Lipinski definition) is 0. The minimum absolute atomic E-state index is 0.0315. The van der Waals surface area contributed by atoms with Gasteiger partial charge in [0.2, 0.25) is 5.91 Å². The van der Waals surface area contributed by atoms with Gasteiger partial charge in [-0.3, -0.25) is 9.59 Å². The second-order valence-electron chi connectivity index (χ2n) is 9.23. The normalized spacial score (nSPS) is 11.9. The van der Waals surface area contributed by atoms with Crippen LogP contribution in [0, 0.1) is 6.92 Å². The van der Waals surface area contributed by atoms with E-state index in [1.54, 1.807) is 17.0 Å². The fourth-order valence-electron chi connectivity index (χ4n) is 4.07. The van der Waals surface area contributed by atoms with Gasteiger partial charge in [-0.05, 0) is 69.5 Å². The van der Waals surface area contributed by atoms with Gasteiger partial charge in [0, 0.05) is 36.1 Å². The average Bonchev–Trinajstić information content (AvgIpc) is 3.28.